The number of carbonyl (C=O) groups excluding carboxylic acids is 1. The number of halogens is 2. The van der Waals surface area contributed by atoms with E-state index in [0.717, 1.165) is 49.7 Å². The van der Waals surface area contributed by atoms with Gasteiger partial charge in [0.15, 0.2) is 0 Å². The Morgan fingerprint density at radius 2 is 1.87 bits per heavy atom. The van der Waals surface area contributed by atoms with Gasteiger partial charge >= 0.3 is 0 Å². The summed E-state index contributed by atoms with van der Waals surface area (Å²) < 4.78 is 26.8. The molecule has 0 radical (unpaired) electrons. The fourth-order valence-electron chi connectivity index (χ4n) is 4.71. The molecule has 2 fully saturated rings. The molecule has 2 atom stereocenters. The number of hydrogen-bond acceptors (Lipinski definition) is 3. The summed E-state index contributed by atoms with van der Waals surface area (Å²) in [7, 11) is 1.85. The summed E-state index contributed by atoms with van der Waals surface area (Å²) in [5, 5.41) is 0. The Bertz CT molecular complexity index is 882. The van der Waals surface area contributed by atoms with E-state index in [0.29, 0.717) is 12.6 Å². The van der Waals surface area contributed by atoms with Crippen LogP contribution < -0.4 is 10.9 Å². The predicted octanol–water partition coefficient (Wildman–Crippen LogP) is 4.23. The topological polar surface area (TPSA) is 44.4 Å². The van der Waals surface area contributed by atoms with Gasteiger partial charge in [0.25, 0.3) is 0 Å². The number of carbonyl (C=O) groups is 1. The first-order valence-electron chi connectivity index (χ1n) is 10.8. The van der Waals surface area contributed by atoms with E-state index in [9.17, 15) is 13.6 Å². The Balaban J connectivity index is 1.28. The second kappa shape index (κ2) is 8.82. The minimum Gasteiger partial charge on any atom is -0.345 e. The van der Waals surface area contributed by atoms with Crippen LogP contribution in [0.4, 0.5) is 8.78 Å². The van der Waals surface area contributed by atoms with Gasteiger partial charge < -0.3 is 4.90 Å². The first-order chi connectivity index (χ1) is 14.5. The zero-order chi connectivity index (χ0) is 21.1. The molecule has 1 aliphatic heterocycles. The normalized spacial score (nSPS) is 22.5. The van der Waals surface area contributed by atoms with Gasteiger partial charge in [0.2, 0.25) is 5.91 Å². The Hall–Kier alpha value is -2.31. The summed E-state index contributed by atoms with van der Waals surface area (Å²) in [6.07, 6.45) is 5.32. The second-order valence-corrected chi connectivity index (χ2v) is 8.64. The lowest BCUT2D eigenvalue weighted by Crippen LogP contribution is -2.50. The molecule has 1 saturated carbocycles. The van der Waals surface area contributed by atoms with Crippen molar-refractivity contribution in [1.29, 1.82) is 0 Å². The number of benzene rings is 2. The molecule has 30 heavy (non-hydrogen) atoms. The molecule has 1 amide bonds. The monoisotopic (exact) mass is 413 g/mol. The molecule has 0 spiro atoms. The molecule has 0 aromatic heterocycles. The highest BCUT2D eigenvalue weighted by Crippen LogP contribution is 2.45. The maximum Gasteiger partial charge on any atom is 0.232 e. The Morgan fingerprint density at radius 1 is 1.10 bits per heavy atom. The van der Waals surface area contributed by atoms with Crippen LogP contribution in [-0.2, 0) is 10.2 Å². The molecule has 4 nitrogen and oxygen atoms in total. The summed E-state index contributed by atoms with van der Waals surface area (Å²) in [6, 6.07) is 13.6. The third kappa shape index (κ3) is 4.25. The Morgan fingerprint density at radius 3 is 2.53 bits per heavy atom. The molecule has 2 unspecified atom stereocenters. The highest BCUT2D eigenvalue weighted by Gasteiger charge is 2.47. The molecule has 0 bridgehead atoms. The maximum atomic E-state index is 13.7. The van der Waals surface area contributed by atoms with E-state index in [1.807, 2.05) is 30.1 Å². The quantitative estimate of drug-likeness (QED) is 0.714. The summed E-state index contributed by atoms with van der Waals surface area (Å²) in [4.78, 5) is 15.0. The fraction of sp³-hybridized carbons (Fsp3) is 0.458. The molecule has 2 aromatic rings. The SMILES string of the molecule is CN(CCCC1CC(c2ccc(F)cc2)NN1)C(=O)C1(c2cccc(F)c2)CCC1. The van der Waals surface area contributed by atoms with Gasteiger partial charge in [-0.05, 0) is 67.5 Å². The van der Waals surface area contributed by atoms with Crippen molar-refractivity contribution in [2.75, 3.05) is 13.6 Å². The molecule has 2 aromatic carbocycles. The first kappa shape index (κ1) is 20.9. The van der Waals surface area contributed by atoms with Crippen LogP contribution in [0.2, 0.25) is 0 Å². The summed E-state index contributed by atoms with van der Waals surface area (Å²) in [5.41, 5.74) is 7.92. The lowest BCUT2D eigenvalue weighted by Gasteiger charge is -2.43. The number of likely N-dealkylation sites (N-methyl/N-ethyl adjacent to an activating group) is 1. The van der Waals surface area contributed by atoms with Crippen molar-refractivity contribution < 1.29 is 13.6 Å². The fourth-order valence-corrected chi connectivity index (χ4v) is 4.71. The number of rotatable bonds is 7. The molecule has 6 heteroatoms. The van der Waals surface area contributed by atoms with Crippen LogP contribution >= 0.6 is 0 Å². The van der Waals surface area contributed by atoms with Crippen LogP contribution in [0.15, 0.2) is 48.5 Å². The smallest absolute Gasteiger partial charge is 0.232 e. The standard InChI is InChI=1S/C24H29F2N3O/c1-29(23(30)24(12-4-13-24)18-5-2-6-20(26)15-18)14-3-7-21-16-22(28-27-21)17-8-10-19(25)11-9-17/h2,5-6,8-11,15,21-22,27-28H,3-4,7,12-14,16H2,1H3. The third-order valence-corrected chi connectivity index (χ3v) is 6.64. The van der Waals surface area contributed by atoms with Crippen molar-refractivity contribution >= 4 is 5.91 Å². The number of hydrogen-bond donors (Lipinski definition) is 2. The van der Waals surface area contributed by atoms with Crippen molar-refractivity contribution in [3.8, 4) is 0 Å². The van der Waals surface area contributed by atoms with E-state index in [1.54, 1.807) is 6.07 Å². The van der Waals surface area contributed by atoms with Gasteiger partial charge in [-0.1, -0.05) is 30.7 Å². The van der Waals surface area contributed by atoms with Gasteiger partial charge in [0, 0.05) is 25.7 Å². The highest BCUT2D eigenvalue weighted by atomic mass is 19.1. The zero-order valence-electron chi connectivity index (χ0n) is 17.3. The molecule has 1 heterocycles. The van der Waals surface area contributed by atoms with Crippen molar-refractivity contribution in [3.05, 3.63) is 71.3 Å². The average Bonchev–Trinajstić information content (AvgIpc) is 3.16. The number of nitrogens with one attached hydrogen (secondary N) is 2. The molecular formula is C24H29F2N3O. The lowest BCUT2D eigenvalue weighted by atomic mass is 9.63. The Labute approximate surface area is 176 Å². The van der Waals surface area contributed by atoms with E-state index in [2.05, 4.69) is 10.9 Å². The van der Waals surface area contributed by atoms with Crippen molar-refractivity contribution in [3.63, 3.8) is 0 Å². The number of hydrazine groups is 1. The largest absolute Gasteiger partial charge is 0.345 e. The van der Waals surface area contributed by atoms with Crippen molar-refractivity contribution in [1.82, 2.24) is 15.8 Å². The molecule has 1 aliphatic carbocycles. The Kier molecular flexibility index (Phi) is 6.16. The molecule has 4 rings (SSSR count). The minimum atomic E-state index is -0.558. The first-order valence-corrected chi connectivity index (χ1v) is 10.8. The minimum absolute atomic E-state index is 0.0982. The van der Waals surface area contributed by atoms with E-state index < -0.39 is 5.41 Å². The van der Waals surface area contributed by atoms with Gasteiger partial charge in [0.05, 0.1) is 5.41 Å². The van der Waals surface area contributed by atoms with E-state index in [4.69, 9.17) is 0 Å². The number of nitrogens with zero attached hydrogens (tertiary/aromatic N) is 1. The second-order valence-electron chi connectivity index (χ2n) is 8.64. The lowest BCUT2D eigenvalue weighted by molar-refractivity contribution is -0.139. The van der Waals surface area contributed by atoms with Gasteiger partial charge in [0.1, 0.15) is 11.6 Å². The van der Waals surface area contributed by atoms with Crippen LogP contribution in [0.1, 0.15) is 55.7 Å². The molecule has 2 N–H and O–H groups in total. The average molecular weight is 414 g/mol. The van der Waals surface area contributed by atoms with Crippen LogP contribution in [-0.4, -0.2) is 30.4 Å². The van der Waals surface area contributed by atoms with E-state index in [1.165, 1.54) is 24.3 Å². The van der Waals surface area contributed by atoms with Crippen LogP contribution in [0.5, 0.6) is 0 Å². The zero-order valence-corrected chi connectivity index (χ0v) is 17.3. The predicted molar refractivity (Wildman–Crippen MR) is 113 cm³/mol. The number of amides is 1. The van der Waals surface area contributed by atoms with Gasteiger partial charge in [-0.15, -0.1) is 0 Å². The van der Waals surface area contributed by atoms with E-state index >= 15 is 0 Å². The molecule has 2 aliphatic rings. The highest BCUT2D eigenvalue weighted by molar-refractivity contribution is 5.89. The van der Waals surface area contributed by atoms with Crippen molar-refractivity contribution in [2.24, 2.45) is 0 Å². The maximum absolute atomic E-state index is 13.7. The van der Waals surface area contributed by atoms with Crippen LogP contribution in [0, 0.1) is 11.6 Å². The van der Waals surface area contributed by atoms with Crippen molar-refractivity contribution in [2.45, 2.75) is 56.0 Å². The van der Waals surface area contributed by atoms with Gasteiger partial charge in [-0.3, -0.25) is 15.6 Å². The van der Waals surface area contributed by atoms with Gasteiger partial charge in [-0.25, -0.2) is 8.78 Å². The summed E-state index contributed by atoms with van der Waals surface area (Å²) in [6.45, 7) is 0.676. The summed E-state index contributed by atoms with van der Waals surface area (Å²) >= 11 is 0. The van der Waals surface area contributed by atoms with Crippen LogP contribution in [0.3, 0.4) is 0 Å². The van der Waals surface area contributed by atoms with E-state index in [-0.39, 0.29) is 23.6 Å². The summed E-state index contributed by atoms with van der Waals surface area (Å²) in [5.74, 6) is -0.415. The van der Waals surface area contributed by atoms with Gasteiger partial charge in [-0.2, -0.15) is 0 Å². The molecule has 1 saturated heterocycles. The van der Waals surface area contributed by atoms with Crippen LogP contribution in [0.25, 0.3) is 0 Å². The third-order valence-electron chi connectivity index (χ3n) is 6.64. The molecular weight excluding hydrogens is 384 g/mol. The molecule has 160 valence electrons.